The zero-order valence-corrected chi connectivity index (χ0v) is 24.5. The molecule has 1 aliphatic rings. The number of carbonyl (C=O) groups is 2. The Bertz CT molecular complexity index is 1410. The van der Waals surface area contributed by atoms with Gasteiger partial charge in [0.1, 0.15) is 0 Å². The molecule has 0 atom stereocenters. The molecule has 1 aliphatic heterocycles. The van der Waals surface area contributed by atoms with E-state index in [1.54, 1.807) is 60.4 Å². The molecule has 216 valence electrons. The maximum absolute atomic E-state index is 13.5. The number of methoxy groups -OCH3 is 5. The van der Waals surface area contributed by atoms with Crippen molar-refractivity contribution in [1.82, 2.24) is 9.80 Å². The molecule has 0 N–H and O–H groups in total. The van der Waals surface area contributed by atoms with Gasteiger partial charge in [-0.3, -0.25) is 9.59 Å². The van der Waals surface area contributed by atoms with Crippen LogP contribution in [0, 0.1) is 0 Å². The fourth-order valence-corrected chi connectivity index (χ4v) is 4.82. The molecule has 4 rings (SSSR count). The topological polar surface area (TPSA) is 86.8 Å². The first-order chi connectivity index (χ1) is 19.8. The van der Waals surface area contributed by atoms with E-state index in [-0.39, 0.29) is 11.8 Å². The lowest BCUT2D eigenvalue weighted by molar-refractivity contribution is -0.127. The van der Waals surface area contributed by atoms with Gasteiger partial charge in [0.25, 0.3) is 5.91 Å². The maximum Gasteiger partial charge on any atom is 0.254 e. The van der Waals surface area contributed by atoms with Crippen molar-refractivity contribution < 1.29 is 33.3 Å². The van der Waals surface area contributed by atoms with Gasteiger partial charge < -0.3 is 33.5 Å². The summed E-state index contributed by atoms with van der Waals surface area (Å²) in [5.74, 6) is 2.02. The summed E-state index contributed by atoms with van der Waals surface area (Å²) < 4.78 is 27.0. The monoisotopic (exact) mass is 580 g/mol. The molecule has 3 aromatic carbocycles. The number of amides is 2. The van der Waals surface area contributed by atoms with E-state index < -0.39 is 0 Å². The van der Waals surface area contributed by atoms with Crippen LogP contribution >= 0.6 is 11.6 Å². The smallest absolute Gasteiger partial charge is 0.254 e. The van der Waals surface area contributed by atoms with Gasteiger partial charge in [0.2, 0.25) is 11.7 Å². The summed E-state index contributed by atoms with van der Waals surface area (Å²) in [6.45, 7) is 1.51. The molecule has 0 spiro atoms. The van der Waals surface area contributed by atoms with E-state index in [1.165, 1.54) is 21.3 Å². The van der Waals surface area contributed by atoms with Gasteiger partial charge in [0.15, 0.2) is 23.0 Å². The second-order valence-corrected chi connectivity index (χ2v) is 9.60. The van der Waals surface area contributed by atoms with E-state index in [0.29, 0.717) is 71.1 Å². The van der Waals surface area contributed by atoms with Crippen LogP contribution in [0.15, 0.2) is 60.7 Å². The van der Waals surface area contributed by atoms with Crippen LogP contribution in [-0.4, -0.2) is 83.3 Å². The summed E-state index contributed by atoms with van der Waals surface area (Å²) in [7, 11) is 7.66. The maximum atomic E-state index is 13.5. The summed E-state index contributed by atoms with van der Waals surface area (Å²) >= 11 is 6.13. The molecular weight excluding hydrogens is 548 g/mol. The second-order valence-electron chi connectivity index (χ2n) is 9.17. The number of hydrogen-bond acceptors (Lipinski definition) is 7. The number of hydrogen-bond donors (Lipinski definition) is 0. The van der Waals surface area contributed by atoms with E-state index in [0.717, 1.165) is 11.1 Å². The highest BCUT2D eigenvalue weighted by molar-refractivity contribution is 6.30. The van der Waals surface area contributed by atoms with Crippen molar-refractivity contribution >= 4 is 29.0 Å². The Labute approximate surface area is 244 Å². The standard InChI is InChI=1S/C31H33ClN2O7/c1-37-25-11-8-21(16-26(25)38-2)24(20-6-9-23(32)10-7-20)19-29(35)33-12-14-34(15-13-33)31(36)22-17-27(39-3)30(41-5)28(18-22)40-4/h6-11,16-19H,12-15H2,1-5H3. The minimum atomic E-state index is -0.181. The Hall–Kier alpha value is -4.37. The van der Waals surface area contributed by atoms with Crippen LogP contribution < -0.4 is 23.7 Å². The molecule has 41 heavy (non-hydrogen) atoms. The Balaban J connectivity index is 1.55. The summed E-state index contributed by atoms with van der Waals surface area (Å²) in [6, 6.07) is 16.1. The molecular formula is C31H33ClN2O7. The van der Waals surface area contributed by atoms with Gasteiger partial charge in [-0.1, -0.05) is 29.8 Å². The number of nitrogens with zero attached hydrogens (tertiary/aromatic N) is 2. The van der Waals surface area contributed by atoms with E-state index in [9.17, 15) is 9.59 Å². The third-order valence-electron chi connectivity index (χ3n) is 6.91. The second kappa shape index (κ2) is 13.3. The van der Waals surface area contributed by atoms with E-state index in [2.05, 4.69) is 0 Å². The Morgan fingerprint density at radius 3 is 1.68 bits per heavy atom. The van der Waals surface area contributed by atoms with Gasteiger partial charge in [-0.2, -0.15) is 0 Å². The van der Waals surface area contributed by atoms with Crippen LogP contribution in [0.25, 0.3) is 5.57 Å². The first-order valence-corrected chi connectivity index (χ1v) is 13.3. The number of benzene rings is 3. The van der Waals surface area contributed by atoms with Crippen molar-refractivity contribution in [2.45, 2.75) is 0 Å². The average molecular weight is 581 g/mol. The largest absolute Gasteiger partial charge is 0.493 e. The first kappa shape index (κ1) is 29.6. The van der Waals surface area contributed by atoms with Gasteiger partial charge in [0, 0.05) is 42.8 Å². The highest BCUT2D eigenvalue weighted by Gasteiger charge is 2.26. The third kappa shape index (κ3) is 6.52. The molecule has 2 amide bonds. The molecule has 0 bridgehead atoms. The number of rotatable bonds is 9. The fourth-order valence-electron chi connectivity index (χ4n) is 4.70. The molecule has 0 radical (unpaired) electrons. The van der Waals surface area contributed by atoms with Crippen molar-refractivity contribution in [2.75, 3.05) is 61.7 Å². The van der Waals surface area contributed by atoms with E-state index in [1.807, 2.05) is 24.3 Å². The summed E-state index contributed by atoms with van der Waals surface area (Å²) in [5, 5.41) is 0.597. The Kier molecular flexibility index (Phi) is 9.62. The molecule has 0 aliphatic carbocycles. The van der Waals surface area contributed by atoms with Crippen LogP contribution in [-0.2, 0) is 4.79 Å². The van der Waals surface area contributed by atoms with E-state index in [4.69, 9.17) is 35.3 Å². The lowest BCUT2D eigenvalue weighted by Gasteiger charge is -2.34. The van der Waals surface area contributed by atoms with Gasteiger partial charge in [-0.05, 0) is 53.1 Å². The van der Waals surface area contributed by atoms with Gasteiger partial charge in [-0.25, -0.2) is 0 Å². The molecule has 1 fully saturated rings. The highest BCUT2D eigenvalue weighted by Crippen LogP contribution is 2.38. The predicted octanol–water partition coefficient (Wildman–Crippen LogP) is 4.80. The van der Waals surface area contributed by atoms with Gasteiger partial charge >= 0.3 is 0 Å². The Morgan fingerprint density at radius 1 is 0.634 bits per heavy atom. The fraction of sp³-hybridized carbons (Fsp3) is 0.290. The number of piperazine rings is 1. The number of carbonyl (C=O) groups excluding carboxylic acids is 2. The molecule has 10 heteroatoms. The molecule has 9 nitrogen and oxygen atoms in total. The predicted molar refractivity (Wildman–Crippen MR) is 157 cm³/mol. The SMILES string of the molecule is COc1ccc(C(=CC(=O)N2CCN(C(=O)c3cc(OC)c(OC)c(OC)c3)CC2)c2ccc(Cl)cc2)cc1OC. The number of halogens is 1. The van der Waals surface area contributed by atoms with Crippen LogP contribution in [0.1, 0.15) is 21.5 Å². The molecule has 0 unspecified atom stereocenters. The van der Waals surface area contributed by atoms with Crippen molar-refractivity contribution in [3.8, 4) is 28.7 Å². The highest BCUT2D eigenvalue weighted by atomic mass is 35.5. The molecule has 3 aromatic rings. The molecule has 0 aromatic heterocycles. The van der Waals surface area contributed by atoms with Crippen LogP contribution in [0.4, 0.5) is 0 Å². The van der Waals surface area contributed by atoms with Crippen LogP contribution in [0.5, 0.6) is 28.7 Å². The minimum Gasteiger partial charge on any atom is -0.493 e. The zero-order chi connectivity index (χ0) is 29.5. The minimum absolute atomic E-state index is 0.162. The third-order valence-corrected chi connectivity index (χ3v) is 7.16. The molecule has 1 saturated heterocycles. The van der Waals surface area contributed by atoms with Crippen molar-refractivity contribution in [3.05, 3.63) is 82.4 Å². The molecule has 0 saturated carbocycles. The zero-order valence-electron chi connectivity index (χ0n) is 23.7. The van der Waals surface area contributed by atoms with Crippen molar-refractivity contribution in [1.29, 1.82) is 0 Å². The summed E-state index contributed by atoms with van der Waals surface area (Å²) in [4.78, 5) is 30.3. The first-order valence-electron chi connectivity index (χ1n) is 12.9. The van der Waals surface area contributed by atoms with Crippen LogP contribution in [0.3, 0.4) is 0 Å². The Morgan fingerprint density at radius 2 is 1.15 bits per heavy atom. The van der Waals surface area contributed by atoms with Crippen molar-refractivity contribution in [3.63, 3.8) is 0 Å². The lowest BCUT2D eigenvalue weighted by Crippen LogP contribution is -2.50. The summed E-state index contributed by atoms with van der Waals surface area (Å²) in [5.41, 5.74) is 2.74. The average Bonchev–Trinajstić information content (AvgIpc) is 3.02. The van der Waals surface area contributed by atoms with Crippen molar-refractivity contribution in [2.24, 2.45) is 0 Å². The molecule has 1 heterocycles. The quantitative estimate of drug-likeness (QED) is 0.336. The normalized spacial score (nSPS) is 13.5. The lowest BCUT2D eigenvalue weighted by atomic mass is 9.96. The van der Waals surface area contributed by atoms with E-state index >= 15 is 0 Å². The summed E-state index contributed by atoms with van der Waals surface area (Å²) in [6.07, 6.45) is 1.61. The number of ether oxygens (including phenoxy) is 5. The van der Waals surface area contributed by atoms with Crippen LogP contribution in [0.2, 0.25) is 5.02 Å². The van der Waals surface area contributed by atoms with Gasteiger partial charge in [0.05, 0.1) is 35.5 Å². The van der Waals surface area contributed by atoms with Gasteiger partial charge in [-0.15, -0.1) is 0 Å².